The van der Waals surface area contributed by atoms with E-state index in [1.54, 1.807) is 6.33 Å². The molecule has 0 radical (unpaired) electrons. The molecule has 2 aliphatic carbocycles. The van der Waals surface area contributed by atoms with E-state index in [9.17, 15) is 0 Å². The van der Waals surface area contributed by atoms with Gasteiger partial charge in [0, 0.05) is 30.6 Å². The second kappa shape index (κ2) is 8.97. The molecule has 1 aromatic heterocycles. The quantitative estimate of drug-likeness (QED) is 0.812. The van der Waals surface area contributed by atoms with Crippen LogP contribution in [0.4, 0.5) is 5.82 Å². The van der Waals surface area contributed by atoms with Gasteiger partial charge in [0.1, 0.15) is 12.1 Å². The molecule has 5 nitrogen and oxygen atoms in total. The van der Waals surface area contributed by atoms with Crippen LogP contribution in [0, 0.1) is 0 Å². The van der Waals surface area contributed by atoms with Gasteiger partial charge in [0.25, 0.3) is 0 Å². The largest absolute Gasteiger partial charge is 0.379 e. The van der Waals surface area contributed by atoms with Crippen molar-refractivity contribution < 1.29 is 4.74 Å². The Bertz CT molecular complexity index is 806. The highest BCUT2D eigenvalue weighted by Crippen LogP contribution is 2.35. The van der Waals surface area contributed by atoms with Gasteiger partial charge >= 0.3 is 0 Å². The van der Waals surface area contributed by atoms with E-state index >= 15 is 0 Å². The minimum Gasteiger partial charge on any atom is -0.379 e. The number of fused-ring (bicyclic) bond motifs is 1. The summed E-state index contributed by atoms with van der Waals surface area (Å²) in [5.74, 6) is 1.74. The predicted molar refractivity (Wildman–Crippen MR) is 117 cm³/mol. The van der Waals surface area contributed by atoms with Crippen LogP contribution in [0.2, 0.25) is 0 Å². The second-order valence-electron chi connectivity index (χ2n) is 9.13. The molecule has 3 aliphatic rings. The number of nitrogens with zero attached hydrogens (tertiary/aromatic N) is 3. The molecule has 0 atom stereocenters. The van der Waals surface area contributed by atoms with E-state index < -0.39 is 0 Å². The van der Waals surface area contributed by atoms with Gasteiger partial charge in [-0.15, -0.1) is 0 Å². The lowest BCUT2D eigenvalue weighted by Gasteiger charge is -2.39. The van der Waals surface area contributed by atoms with Gasteiger partial charge in [-0.3, -0.25) is 4.90 Å². The Morgan fingerprint density at radius 1 is 0.897 bits per heavy atom. The average Bonchev–Trinajstić information content (AvgIpc) is 2.81. The molecule has 0 bridgehead atoms. The first-order valence-corrected chi connectivity index (χ1v) is 11.7. The van der Waals surface area contributed by atoms with Crippen LogP contribution in [0.5, 0.6) is 0 Å². The second-order valence-corrected chi connectivity index (χ2v) is 9.13. The lowest BCUT2D eigenvalue weighted by atomic mass is 9.84. The van der Waals surface area contributed by atoms with Crippen molar-refractivity contribution in [1.82, 2.24) is 14.9 Å². The molecule has 29 heavy (non-hydrogen) atoms. The fourth-order valence-electron chi connectivity index (χ4n) is 5.60. The molecular weight excluding hydrogens is 360 g/mol. The number of hydrogen-bond acceptors (Lipinski definition) is 5. The molecule has 5 heteroatoms. The Kier molecular flexibility index (Phi) is 5.95. The third-order valence-electron chi connectivity index (χ3n) is 7.34. The van der Waals surface area contributed by atoms with Crippen LogP contribution in [0.25, 0.3) is 10.9 Å². The van der Waals surface area contributed by atoms with Crippen LogP contribution in [-0.2, 0) is 4.74 Å². The SMILES string of the molecule is c1nc(N[C@H]2CC[C@H](N3CCOCC3)CC2)c2cc(C3CCCCC3)ccc2n1. The monoisotopic (exact) mass is 394 g/mol. The first-order chi connectivity index (χ1) is 14.4. The summed E-state index contributed by atoms with van der Waals surface area (Å²) < 4.78 is 5.52. The standard InChI is InChI=1S/C24H34N4O/c1-2-4-18(5-3-1)19-6-11-23-22(16-19)24(26-17-25-23)27-20-7-9-21(10-8-20)28-12-14-29-15-13-28/h6,11,16-18,20-21H,1-5,7-10,12-15H2,(H,25,26,27)/t20-,21-. The normalized spacial score (nSPS) is 27.2. The number of nitrogens with one attached hydrogen (secondary N) is 1. The Morgan fingerprint density at radius 3 is 2.48 bits per heavy atom. The molecule has 1 aliphatic heterocycles. The van der Waals surface area contributed by atoms with Crippen LogP contribution in [-0.4, -0.2) is 53.3 Å². The van der Waals surface area contributed by atoms with Crippen LogP contribution in [0.15, 0.2) is 24.5 Å². The molecule has 3 fully saturated rings. The van der Waals surface area contributed by atoms with Crippen molar-refractivity contribution in [3.05, 3.63) is 30.1 Å². The molecule has 156 valence electrons. The Balaban J connectivity index is 1.27. The number of aromatic nitrogens is 2. The fraction of sp³-hybridized carbons (Fsp3) is 0.667. The number of anilines is 1. The molecule has 5 rings (SSSR count). The van der Waals surface area contributed by atoms with Crippen molar-refractivity contribution >= 4 is 16.7 Å². The highest BCUT2D eigenvalue weighted by atomic mass is 16.5. The third kappa shape index (κ3) is 4.41. The number of benzene rings is 1. The van der Waals surface area contributed by atoms with Crippen molar-refractivity contribution in [1.29, 1.82) is 0 Å². The summed E-state index contributed by atoms with van der Waals surface area (Å²) in [6.07, 6.45) is 13.5. The van der Waals surface area contributed by atoms with E-state index in [2.05, 4.69) is 38.4 Å². The van der Waals surface area contributed by atoms with Crippen LogP contribution in [0.3, 0.4) is 0 Å². The molecule has 0 amide bonds. The molecule has 1 saturated heterocycles. The van der Waals surface area contributed by atoms with E-state index in [-0.39, 0.29) is 0 Å². The smallest absolute Gasteiger partial charge is 0.137 e. The van der Waals surface area contributed by atoms with E-state index in [0.29, 0.717) is 12.0 Å². The first kappa shape index (κ1) is 19.3. The summed E-state index contributed by atoms with van der Waals surface area (Å²) in [7, 11) is 0. The van der Waals surface area contributed by atoms with Gasteiger partial charge in [-0.2, -0.15) is 0 Å². The molecule has 0 spiro atoms. The molecule has 2 saturated carbocycles. The summed E-state index contributed by atoms with van der Waals surface area (Å²) in [4.78, 5) is 11.8. The number of hydrogen-bond donors (Lipinski definition) is 1. The minimum atomic E-state index is 0.517. The van der Waals surface area contributed by atoms with E-state index in [4.69, 9.17) is 4.74 Å². The highest BCUT2D eigenvalue weighted by molar-refractivity contribution is 5.89. The van der Waals surface area contributed by atoms with E-state index in [0.717, 1.165) is 43.7 Å². The Labute approximate surface area is 174 Å². The van der Waals surface area contributed by atoms with Crippen molar-refractivity contribution in [3.63, 3.8) is 0 Å². The predicted octanol–water partition coefficient (Wildman–Crippen LogP) is 4.73. The maximum Gasteiger partial charge on any atom is 0.137 e. The zero-order valence-electron chi connectivity index (χ0n) is 17.5. The van der Waals surface area contributed by atoms with Gasteiger partial charge in [-0.1, -0.05) is 25.3 Å². The lowest BCUT2D eigenvalue weighted by Crippen LogP contribution is -2.46. The molecule has 2 aromatic rings. The third-order valence-corrected chi connectivity index (χ3v) is 7.34. The van der Waals surface area contributed by atoms with Gasteiger partial charge in [-0.25, -0.2) is 9.97 Å². The van der Waals surface area contributed by atoms with Gasteiger partial charge in [-0.05, 0) is 62.1 Å². The van der Waals surface area contributed by atoms with E-state index in [1.165, 1.54) is 68.7 Å². The van der Waals surface area contributed by atoms with Crippen LogP contribution >= 0.6 is 0 Å². The Morgan fingerprint density at radius 2 is 1.69 bits per heavy atom. The average molecular weight is 395 g/mol. The highest BCUT2D eigenvalue weighted by Gasteiger charge is 2.27. The maximum absolute atomic E-state index is 5.52. The summed E-state index contributed by atoms with van der Waals surface area (Å²) in [6, 6.07) is 8.11. The van der Waals surface area contributed by atoms with Crippen LogP contribution in [0.1, 0.15) is 69.3 Å². The number of morpholine rings is 1. The van der Waals surface area contributed by atoms with Gasteiger partial charge < -0.3 is 10.1 Å². The van der Waals surface area contributed by atoms with Gasteiger partial charge in [0.2, 0.25) is 0 Å². The topological polar surface area (TPSA) is 50.3 Å². The summed E-state index contributed by atoms with van der Waals surface area (Å²) in [5.41, 5.74) is 2.54. The van der Waals surface area contributed by atoms with E-state index in [1.807, 2.05) is 0 Å². The first-order valence-electron chi connectivity index (χ1n) is 11.7. The van der Waals surface area contributed by atoms with Crippen molar-refractivity contribution in [2.75, 3.05) is 31.6 Å². The fourth-order valence-corrected chi connectivity index (χ4v) is 5.60. The molecule has 0 unspecified atom stereocenters. The summed E-state index contributed by atoms with van der Waals surface area (Å²) in [6.45, 7) is 4.00. The number of ether oxygens (including phenoxy) is 1. The maximum atomic E-state index is 5.52. The minimum absolute atomic E-state index is 0.517. The van der Waals surface area contributed by atoms with Crippen molar-refractivity contribution in [2.24, 2.45) is 0 Å². The lowest BCUT2D eigenvalue weighted by molar-refractivity contribution is 0.00791. The molecular formula is C24H34N4O. The zero-order valence-corrected chi connectivity index (χ0v) is 17.5. The molecule has 1 aromatic carbocycles. The van der Waals surface area contributed by atoms with Gasteiger partial charge in [0.05, 0.1) is 18.7 Å². The Hall–Kier alpha value is -1.72. The summed E-state index contributed by atoms with van der Waals surface area (Å²) in [5, 5.41) is 4.98. The van der Waals surface area contributed by atoms with Gasteiger partial charge in [0.15, 0.2) is 0 Å². The van der Waals surface area contributed by atoms with Crippen molar-refractivity contribution in [2.45, 2.75) is 75.8 Å². The zero-order chi connectivity index (χ0) is 19.5. The van der Waals surface area contributed by atoms with Crippen molar-refractivity contribution in [3.8, 4) is 0 Å². The summed E-state index contributed by atoms with van der Waals surface area (Å²) >= 11 is 0. The molecule has 1 N–H and O–H groups in total. The van der Waals surface area contributed by atoms with Crippen LogP contribution < -0.4 is 5.32 Å². The number of rotatable bonds is 4. The molecule has 2 heterocycles.